The molecule has 0 bridgehead atoms. The second-order valence-electron chi connectivity index (χ2n) is 5.12. The van der Waals surface area contributed by atoms with E-state index in [1.807, 2.05) is 31.4 Å². The topological polar surface area (TPSA) is 56.5 Å². The van der Waals surface area contributed by atoms with Crippen LogP contribution in [0, 0.1) is 13.8 Å². The third-order valence-electron chi connectivity index (χ3n) is 3.38. The van der Waals surface area contributed by atoms with Crippen molar-refractivity contribution in [2.24, 2.45) is 0 Å². The van der Waals surface area contributed by atoms with Gasteiger partial charge in [0.1, 0.15) is 11.3 Å². The summed E-state index contributed by atoms with van der Waals surface area (Å²) in [5.41, 5.74) is 4.57. The molecule has 0 fully saturated rings. The van der Waals surface area contributed by atoms with Crippen molar-refractivity contribution in [3.8, 4) is 0 Å². The number of alkyl halides is 1. The lowest BCUT2D eigenvalue weighted by Crippen LogP contribution is -2.08. The van der Waals surface area contributed by atoms with E-state index in [9.17, 15) is 0 Å². The fourth-order valence-corrected chi connectivity index (χ4v) is 2.44. The molecular weight excluding hydrogens is 286 g/mol. The van der Waals surface area contributed by atoms with Gasteiger partial charge in [0.05, 0.1) is 29.5 Å². The molecule has 1 unspecified atom stereocenters. The summed E-state index contributed by atoms with van der Waals surface area (Å²) < 4.78 is 2.01. The van der Waals surface area contributed by atoms with Crippen LogP contribution in [0.15, 0.2) is 24.7 Å². The van der Waals surface area contributed by atoms with Crippen molar-refractivity contribution in [3.05, 3.63) is 47.4 Å². The van der Waals surface area contributed by atoms with Crippen molar-refractivity contribution >= 4 is 22.8 Å². The lowest BCUT2D eigenvalue weighted by molar-refractivity contribution is 0.717. The Morgan fingerprint density at radius 2 is 2.00 bits per heavy atom. The summed E-state index contributed by atoms with van der Waals surface area (Å²) in [6, 6.07) is 1.95. The van der Waals surface area contributed by atoms with E-state index in [1.165, 1.54) is 0 Å². The summed E-state index contributed by atoms with van der Waals surface area (Å²) in [7, 11) is 0. The number of halogens is 1. The van der Waals surface area contributed by atoms with Crippen LogP contribution in [0.3, 0.4) is 0 Å². The zero-order valence-corrected chi connectivity index (χ0v) is 13.0. The highest BCUT2D eigenvalue weighted by Gasteiger charge is 2.17. The highest BCUT2D eigenvalue weighted by molar-refractivity contribution is 6.20. The van der Waals surface area contributed by atoms with Gasteiger partial charge in [-0.25, -0.2) is 9.97 Å². The lowest BCUT2D eigenvalue weighted by atomic mass is 10.3. The largest absolute Gasteiger partial charge is 0.305 e. The second kappa shape index (κ2) is 5.41. The van der Waals surface area contributed by atoms with Gasteiger partial charge in [0.15, 0.2) is 5.65 Å². The molecule has 0 aliphatic carbocycles. The SMILES string of the molecule is Cc1cnc(Cn2c(C(C)Cl)nc3c(C)ccnc32)cn1. The maximum Gasteiger partial charge on any atom is 0.160 e. The number of imidazole rings is 1. The molecule has 21 heavy (non-hydrogen) atoms. The van der Waals surface area contributed by atoms with Crippen LogP contribution >= 0.6 is 11.6 Å². The number of pyridine rings is 1. The Morgan fingerprint density at radius 1 is 1.19 bits per heavy atom. The Hall–Kier alpha value is -2.01. The monoisotopic (exact) mass is 301 g/mol. The molecule has 0 saturated carbocycles. The van der Waals surface area contributed by atoms with Crippen molar-refractivity contribution < 1.29 is 0 Å². The lowest BCUT2D eigenvalue weighted by Gasteiger charge is -2.09. The number of fused-ring (bicyclic) bond motifs is 1. The number of aromatic nitrogens is 5. The molecule has 0 amide bonds. The summed E-state index contributed by atoms with van der Waals surface area (Å²) in [6.07, 6.45) is 5.33. The van der Waals surface area contributed by atoms with Crippen LogP contribution in [0.4, 0.5) is 0 Å². The fraction of sp³-hybridized carbons (Fsp3) is 0.333. The number of rotatable bonds is 3. The smallest absolute Gasteiger partial charge is 0.160 e. The van der Waals surface area contributed by atoms with Crippen LogP contribution in [0.1, 0.15) is 35.1 Å². The Morgan fingerprint density at radius 3 is 2.67 bits per heavy atom. The molecule has 0 saturated heterocycles. The molecule has 0 aromatic carbocycles. The molecule has 0 spiro atoms. The Balaban J connectivity index is 2.13. The van der Waals surface area contributed by atoms with Crippen molar-refractivity contribution in [2.75, 3.05) is 0 Å². The third-order valence-corrected chi connectivity index (χ3v) is 3.57. The van der Waals surface area contributed by atoms with Crippen molar-refractivity contribution in [3.63, 3.8) is 0 Å². The van der Waals surface area contributed by atoms with Gasteiger partial charge in [-0.2, -0.15) is 0 Å². The van der Waals surface area contributed by atoms with Crippen LogP contribution in [0.5, 0.6) is 0 Å². The van der Waals surface area contributed by atoms with Gasteiger partial charge in [-0.15, -0.1) is 11.6 Å². The number of hydrogen-bond donors (Lipinski definition) is 0. The maximum atomic E-state index is 6.28. The molecule has 5 nitrogen and oxygen atoms in total. The maximum absolute atomic E-state index is 6.28. The van der Waals surface area contributed by atoms with Crippen molar-refractivity contribution in [2.45, 2.75) is 32.7 Å². The van der Waals surface area contributed by atoms with Crippen LogP contribution in [-0.2, 0) is 6.54 Å². The van der Waals surface area contributed by atoms with Gasteiger partial charge in [0.2, 0.25) is 0 Å². The molecule has 0 radical (unpaired) electrons. The average Bonchev–Trinajstić information content (AvgIpc) is 2.82. The second-order valence-corrected chi connectivity index (χ2v) is 5.78. The van der Waals surface area contributed by atoms with Gasteiger partial charge in [0.25, 0.3) is 0 Å². The third kappa shape index (κ3) is 2.61. The van der Waals surface area contributed by atoms with E-state index >= 15 is 0 Å². The van der Waals surface area contributed by atoms with Crippen LogP contribution < -0.4 is 0 Å². The van der Waals surface area contributed by atoms with Crippen LogP contribution in [0.2, 0.25) is 0 Å². The van der Waals surface area contributed by atoms with E-state index in [0.29, 0.717) is 6.54 Å². The minimum absolute atomic E-state index is 0.197. The Labute approximate surface area is 128 Å². The number of nitrogens with zero attached hydrogens (tertiary/aromatic N) is 5. The van der Waals surface area contributed by atoms with E-state index in [-0.39, 0.29) is 5.38 Å². The minimum atomic E-state index is -0.197. The predicted molar refractivity (Wildman–Crippen MR) is 82.4 cm³/mol. The highest BCUT2D eigenvalue weighted by atomic mass is 35.5. The van der Waals surface area contributed by atoms with E-state index in [1.54, 1.807) is 18.6 Å². The average molecular weight is 302 g/mol. The normalized spacial score (nSPS) is 12.8. The van der Waals surface area contributed by atoms with E-state index in [2.05, 4.69) is 19.9 Å². The molecule has 0 aliphatic rings. The van der Waals surface area contributed by atoms with Gasteiger partial charge < -0.3 is 4.57 Å². The van der Waals surface area contributed by atoms with Gasteiger partial charge in [0, 0.05) is 12.4 Å². The molecule has 3 aromatic heterocycles. The molecule has 3 rings (SSSR count). The quantitative estimate of drug-likeness (QED) is 0.697. The molecule has 1 atom stereocenters. The fourth-order valence-electron chi connectivity index (χ4n) is 2.28. The molecular formula is C15H16ClN5. The number of aryl methyl sites for hydroxylation is 2. The van der Waals surface area contributed by atoms with Gasteiger partial charge in [-0.1, -0.05) is 0 Å². The van der Waals surface area contributed by atoms with Crippen LogP contribution in [0.25, 0.3) is 11.2 Å². The van der Waals surface area contributed by atoms with Gasteiger partial charge >= 0.3 is 0 Å². The molecule has 3 heterocycles. The summed E-state index contributed by atoms with van der Waals surface area (Å²) >= 11 is 6.28. The first-order valence-electron chi connectivity index (χ1n) is 6.79. The van der Waals surface area contributed by atoms with Crippen LogP contribution in [-0.4, -0.2) is 24.5 Å². The molecule has 0 N–H and O–H groups in total. The highest BCUT2D eigenvalue weighted by Crippen LogP contribution is 2.25. The van der Waals surface area contributed by atoms with Gasteiger partial charge in [-0.3, -0.25) is 9.97 Å². The van der Waals surface area contributed by atoms with Crippen molar-refractivity contribution in [1.29, 1.82) is 0 Å². The standard InChI is InChI=1S/C15H16ClN5/c1-9-4-5-17-15-13(9)20-14(11(3)16)21(15)8-12-7-18-10(2)6-19-12/h4-7,11H,8H2,1-3H3. The number of hydrogen-bond acceptors (Lipinski definition) is 4. The predicted octanol–water partition coefficient (Wildman–Crippen LogP) is 3.19. The molecule has 6 heteroatoms. The molecule has 3 aromatic rings. The first-order valence-corrected chi connectivity index (χ1v) is 7.23. The zero-order valence-electron chi connectivity index (χ0n) is 12.2. The molecule has 0 aliphatic heterocycles. The van der Waals surface area contributed by atoms with E-state index in [0.717, 1.165) is 33.9 Å². The van der Waals surface area contributed by atoms with E-state index < -0.39 is 0 Å². The summed E-state index contributed by atoms with van der Waals surface area (Å²) in [4.78, 5) is 17.8. The Bertz CT molecular complexity index is 777. The van der Waals surface area contributed by atoms with E-state index in [4.69, 9.17) is 11.6 Å². The zero-order chi connectivity index (χ0) is 15.0. The summed E-state index contributed by atoms with van der Waals surface area (Å²) in [6.45, 7) is 6.42. The Kier molecular flexibility index (Phi) is 3.59. The van der Waals surface area contributed by atoms with Crippen molar-refractivity contribution in [1.82, 2.24) is 24.5 Å². The minimum Gasteiger partial charge on any atom is -0.305 e. The summed E-state index contributed by atoms with van der Waals surface area (Å²) in [5, 5.41) is -0.197. The summed E-state index contributed by atoms with van der Waals surface area (Å²) in [5.74, 6) is 0.802. The van der Waals surface area contributed by atoms with Gasteiger partial charge in [-0.05, 0) is 32.4 Å². The first kappa shape index (κ1) is 13.9. The molecule has 108 valence electrons. The first-order chi connectivity index (χ1) is 10.1.